The molecule has 0 saturated carbocycles. The van der Waals surface area contributed by atoms with Crippen LogP contribution in [0.4, 0.5) is 8.78 Å². The lowest BCUT2D eigenvalue weighted by Crippen LogP contribution is -2.30. The number of alkyl halides is 2. The van der Waals surface area contributed by atoms with E-state index >= 15 is 0 Å². The van der Waals surface area contributed by atoms with Gasteiger partial charge in [-0.25, -0.2) is 0 Å². The molecule has 1 heterocycles. The van der Waals surface area contributed by atoms with Crippen LogP contribution in [0.2, 0.25) is 5.02 Å². The molecule has 0 unspecified atom stereocenters. The van der Waals surface area contributed by atoms with Crippen LogP contribution in [-0.2, 0) is 11.3 Å². The summed E-state index contributed by atoms with van der Waals surface area (Å²) in [6, 6.07) is 11.6. The minimum absolute atomic E-state index is 0.132. The fraction of sp³-hybridized carbons (Fsp3) is 0.158. The number of rotatable bonds is 6. The van der Waals surface area contributed by atoms with Crippen molar-refractivity contribution in [3.05, 3.63) is 64.3 Å². The van der Waals surface area contributed by atoms with Crippen LogP contribution in [0.25, 0.3) is 6.08 Å². The van der Waals surface area contributed by atoms with Crippen molar-refractivity contribution in [2.75, 3.05) is 7.11 Å². The van der Waals surface area contributed by atoms with Crippen molar-refractivity contribution in [3.8, 4) is 11.5 Å². The number of thiocarbonyl (C=S) groups is 1. The Kier molecular flexibility index (Phi) is 6.11. The first-order valence-electron chi connectivity index (χ1n) is 8.10. The molecule has 1 amide bonds. The number of hydrogen-bond acceptors (Lipinski definition) is 4. The smallest absolute Gasteiger partial charge is 0.387 e. The number of methoxy groups -OCH3 is 1. The van der Waals surface area contributed by atoms with Crippen LogP contribution in [0.1, 0.15) is 11.1 Å². The number of ether oxygens (including phenoxy) is 2. The van der Waals surface area contributed by atoms with Gasteiger partial charge in [-0.3, -0.25) is 9.69 Å². The number of halogens is 3. The molecule has 0 atom stereocenters. The maximum Gasteiger partial charge on any atom is 0.387 e. The number of benzene rings is 2. The fourth-order valence-electron chi connectivity index (χ4n) is 2.65. The van der Waals surface area contributed by atoms with Gasteiger partial charge in [0.25, 0.3) is 5.91 Å². The van der Waals surface area contributed by atoms with E-state index in [4.69, 9.17) is 28.6 Å². The Balaban J connectivity index is 1.84. The first kappa shape index (κ1) is 20.0. The van der Waals surface area contributed by atoms with Gasteiger partial charge in [-0.15, -0.1) is 0 Å². The third-order valence-corrected chi connectivity index (χ3v) is 4.65. The average molecular weight is 425 g/mol. The van der Waals surface area contributed by atoms with Gasteiger partial charge in [0, 0.05) is 5.02 Å². The van der Waals surface area contributed by atoms with E-state index in [0.717, 1.165) is 5.56 Å². The molecule has 2 aromatic carbocycles. The van der Waals surface area contributed by atoms with Crippen LogP contribution in [0, 0.1) is 0 Å². The summed E-state index contributed by atoms with van der Waals surface area (Å²) in [4.78, 5) is 14.1. The SMILES string of the molecule is COc1ccc(/C=C2\NC(=S)N(Cc3ccccc3Cl)C2=O)cc1OC(F)F. The predicted molar refractivity (Wildman–Crippen MR) is 105 cm³/mol. The molecule has 5 nitrogen and oxygen atoms in total. The van der Waals surface area contributed by atoms with Crippen LogP contribution in [0.15, 0.2) is 48.2 Å². The molecule has 0 spiro atoms. The zero-order chi connectivity index (χ0) is 20.3. The molecule has 1 N–H and O–H groups in total. The van der Waals surface area contributed by atoms with Crippen LogP contribution < -0.4 is 14.8 Å². The minimum Gasteiger partial charge on any atom is -0.493 e. The van der Waals surface area contributed by atoms with Gasteiger partial charge in [0.05, 0.1) is 13.7 Å². The third-order valence-electron chi connectivity index (χ3n) is 3.96. The first-order chi connectivity index (χ1) is 13.4. The topological polar surface area (TPSA) is 50.8 Å². The number of nitrogens with zero attached hydrogens (tertiary/aromatic N) is 1. The summed E-state index contributed by atoms with van der Waals surface area (Å²) < 4.78 is 34.6. The van der Waals surface area contributed by atoms with Crippen molar-refractivity contribution in [3.63, 3.8) is 0 Å². The Bertz CT molecular complexity index is 953. The Morgan fingerprint density at radius 3 is 2.68 bits per heavy atom. The monoisotopic (exact) mass is 424 g/mol. The highest BCUT2D eigenvalue weighted by atomic mass is 35.5. The minimum atomic E-state index is -3.00. The van der Waals surface area contributed by atoms with Crippen molar-refractivity contribution >= 4 is 40.9 Å². The number of carbonyl (C=O) groups excluding carboxylic acids is 1. The summed E-state index contributed by atoms with van der Waals surface area (Å²) in [6.45, 7) is -2.79. The number of hydrogen-bond donors (Lipinski definition) is 1. The van der Waals surface area contributed by atoms with Gasteiger partial charge in [0.15, 0.2) is 16.6 Å². The summed E-state index contributed by atoms with van der Waals surface area (Å²) >= 11 is 11.4. The third kappa shape index (κ3) is 4.40. The van der Waals surface area contributed by atoms with Crippen molar-refractivity contribution in [2.45, 2.75) is 13.2 Å². The van der Waals surface area contributed by atoms with Crippen molar-refractivity contribution < 1.29 is 23.0 Å². The maximum absolute atomic E-state index is 12.7. The normalized spacial score (nSPS) is 15.3. The van der Waals surface area contributed by atoms with Gasteiger partial charge in [-0.1, -0.05) is 35.9 Å². The van der Waals surface area contributed by atoms with E-state index in [1.165, 1.54) is 30.2 Å². The highest BCUT2D eigenvalue weighted by molar-refractivity contribution is 7.80. The molecular formula is C19H15ClF2N2O3S. The Morgan fingerprint density at radius 2 is 2.00 bits per heavy atom. The van der Waals surface area contributed by atoms with E-state index in [1.807, 2.05) is 6.07 Å². The van der Waals surface area contributed by atoms with Crippen molar-refractivity contribution in [1.29, 1.82) is 0 Å². The lowest BCUT2D eigenvalue weighted by molar-refractivity contribution is -0.122. The molecule has 0 bridgehead atoms. The Hall–Kier alpha value is -2.71. The summed E-state index contributed by atoms with van der Waals surface area (Å²) in [5.74, 6) is -0.325. The molecule has 0 radical (unpaired) electrons. The van der Waals surface area contributed by atoms with Crippen LogP contribution in [0.3, 0.4) is 0 Å². The second kappa shape index (κ2) is 8.53. The lowest BCUT2D eigenvalue weighted by Gasteiger charge is -2.14. The highest BCUT2D eigenvalue weighted by Gasteiger charge is 2.31. The van der Waals surface area contributed by atoms with Gasteiger partial charge >= 0.3 is 6.61 Å². The van der Waals surface area contributed by atoms with E-state index in [-0.39, 0.29) is 34.8 Å². The summed E-state index contributed by atoms with van der Waals surface area (Å²) in [5.41, 5.74) is 1.43. The Morgan fingerprint density at radius 1 is 1.25 bits per heavy atom. The summed E-state index contributed by atoms with van der Waals surface area (Å²) in [5, 5.41) is 3.59. The lowest BCUT2D eigenvalue weighted by atomic mass is 10.1. The second-order valence-electron chi connectivity index (χ2n) is 5.76. The van der Waals surface area contributed by atoms with Gasteiger partial charge in [-0.05, 0) is 47.6 Å². The molecule has 3 rings (SSSR count). The second-order valence-corrected chi connectivity index (χ2v) is 6.55. The van der Waals surface area contributed by atoms with E-state index < -0.39 is 6.61 Å². The molecule has 9 heteroatoms. The molecule has 1 aliphatic heterocycles. The number of nitrogens with one attached hydrogen (secondary N) is 1. The predicted octanol–water partition coefficient (Wildman–Crippen LogP) is 4.21. The van der Waals surface area contributed by atoms with Crippen LogP contribution >= 0.6 is 23.8 Å². The molecule has 0 aliphatic carbocycles. The molecular weight excluding hydrogens is 410 g/mol. The number of amides is 1. The summed E-state index contributed by atoms with van der Waals surface area (Å²) in [6.07, 6.45) is 1.50. The average Bonchev–Trinajstić information content (AvgIpc) is 2.90. The molecule has 146 valence electrons. The fourth-order valence-corrected chi connectivity index (χ4v) is 3.10. The molecule has 1 aliphatic rings. The first-order valence-corrected chi connectivity index (χ1v) is 8.88. The number of carbonyl (C=O) groups is 1. The van der Waals surface area contributed by atoms with E-state index in [1.54, 1.807) is 24.3 Å². The zero-order valence-corrected chi connectivity index (χ0v) is 16.2. The van der Waals surface area contributed by atoms with E-state index in [0.29, 0.717) is 10.6 Å². The Labute approximate surface area is 170 Å². The molecule has 1 saturated heterocycles. The van der Waals surface area contributed by atoms with Crippen molar-refractivity contribution in [1.82, 2.24) is 10.2 Å². The largest absolute Gasteiger partial charge is 0.493 e. The van der Waals surface area contributed by atoms with Crippen LogP contribution in [0.5, 0.6) is 11.5 Å². The van der Waals surface area contributed by atoms with Gasteiger partial charge in [0.1, 0.15) is 5.70 Å². The molecule has 2 aromatic rings. The maximum atomic E-state index is 12.7. The standard InChI is InChI=1S/C19H15ClF2N2O3S/c1-26-15-7-6-11(9-16(15)27-18(21)22)8-14-17(25)24(19(28)23-14)10-12-4-2-3-5-13(12)20/h2-9,18H,10H2,1H3,(H,23,28)/b14-8-. The highest BCUT2D eigenvalue weighted by Crippen LogP contribution is 2.30. The molecule has 28 heavy (non-hydrogen) atoms. The van der Waals surface area contributed by atoms with E-state index in [2.05, 4.69) is 10.1 Å². The molecule has 1 fully saturated rings. The zero-order valence-electron chi connectivity index (χ0n) is 14.6. The molecule has 0 aromatic heterocycles. The van der Waals surface area contributed by atoms with Crippen LogP contribution in [-0.4, -0.2) is 29.6 Å². The van der Waals surface area contributed by atoms with Gasteiger partial charge in [-0.2, -0.15) is 8.78 Å². The summed E-state index contributed by atoms with van der Waals surface area (Å²) in [7, 11) is 1.35. The van der Waals surface area contributed by atoms with Gasteiger partial charge < -0.3 is 14.8 Å². The van der Waals surface area contributed by atoms with Gasteiger partial charge in [0.2, 0.25) is 0 Å². The van der Waals surface area contributed by atoms with Crippen molar-refractivity contribution in [2.24, 2.45) is 0 Å². The van der Waals surface area contributed by atoms with E-state index in [9.17, 15) is 13.6 Å². The quantitative estimate of drug-likeness (QED) is 0.556.